The zero-order valence-electron chi connectivity index (χ0n) is 9.20. The van der Waals surface area contributed by atoms with Gasteiger partial charge in [0.05, 0.1) is 13.2 Å². The van der Waals surface area contributed by atoms with Crippen LogP contribution >= 0.6 is 0 Å². The first-order valence-electron chi connectivity index (χ1n) is 5.40. The predicted octanol–water partition coefficient (Wildman–Crippen LogP) is -1.19. The molecule has 1 saturated heterocycles. The molecule has 0 radical (unpaired) electrons. The fourth-order valence-electron chi connectivity index (χ4n) is 1.49. The Labute approximate surface area is 93.8 Å². The van der Waals surface area contributed by atoms with E-state index in [0.29, 0.717) is 0 Å². The Morgan fingerprint density at radius 3 is 2.56 bits per heavy atom. The number of aliphatic hydroxyl groups is 3. The van der Waals surface area contributed by atoms with E-state index in [9.17, 15) is 15.0 Å². The summed E-state index contributed by atoms with van der Waals surface area (Å²) in [6, 6.07) is 0. The second-order valence-corrected chi connectivity index (χ2v) is 3.78. The molecule has 1 rings (SSSR count). The molecule has 0 unspecified atom stereocenters. The molecule has 6 heteroatoms. The first-order valence-corrected chi connectivity index (χ1v) is 5.40. The summed E-state index contributed by atoms with van der Waals surface area (Å²) in [6.45, 7) is 1.78. The molecule has 16 heavy (non-hydrogen) atoms. The van der Waals surface area contributed by atoms with E-state index in [1.54, 1.807) is 0 Å². The summed E-state index contributed by atoms with van der Waals surface area (Å²) < 4.78 is 9.86. The van der Waals surface area contributed by atoms with E-state index < -0.39 is 37.0 Å². The molecule has 0 aromatic heterocycles. The maximum absolute atomic E-state index is 11.4. The highest BCUT2D eigenvalue weighted by Crippen LogP contribution is 2.22. The molecule has 1 heterocycles. The van der Waals surface area contributed by atoms with Crippen LogP contribution in [-0.4, -0.2) is 58.9 Å². The molecular formula is C10H18O6. The lowest BCUT2D eigenvalue weighted by Crippen LogP contribution is -2.37. The standard InChI is InChI=1S/C10H18O6/c1-2-3-4-15-10(14)9-8(13)7(12)6(5-11)16-9/h6-9,11-13H,2-5H2,1H3/t6-,7-,8+,9+/m1/s1. The smallest absolute Gasteiger partial charge is 0.338 e. The van der Waals surface area contributed by atoms with Crippen molar-refractivity contribution in [3.63, 3.8) is 0 Å². The molecule has 94 valence electrons. The molecule has 1 aliphatic heterocycles. The Balaban J connectivity index is 2.44. The van der Waals surface area contributed by atoms with Crippen molar-refractivity contribution in [3.05, 3.63) is 0 Å². The Hall–Kier alpha value is -0.690. The van der Waals surface area contributed by atoms with Crippen LogP contribution in [0, 0.1) is 0 Å². The molecule has 1 aliphatic rings. The summed E-state index contributed by atoms with van der Waals surface area (Å²) in [4.78, 5) is 11.4. The van der Waals surface area contributed by atoms with Crippen LogP contribution in [0.5, 0.6) is 0 Å². The van der Waals surface area contributed by atoms with Crippen molar-refractivity contribution in [2.75, 3.05) is 13.2 Å². The number of ether oxygens (including phenoxy) is 2. The monoisotopic (exact) mass is 234 g/mol. The molecule has 0 amide bonds. The highest BCUT2D eigenvalue weighted by atomic mass is 16.6. The number of hydrogen-bond donors (Lipinski definition) is 3. The van der Waals surface area contributed by atoms with E-state index in [1.807, 2.05) is 6.92 Å². The quantitative estimate of drug-likeness (QED) is 0.409. The van der Waals surface area contributed by atoms with Crippen LogP contribution in [0.3, 0.4) is 0 Å². The summed E-state index contributed by atoms with van der Waals surface area (Å²) in [5.41, 5.74) is 0. The zero-order valence-corrected chi connectivity index (χ0v) is 9.20. The lowest BCUT2D eigenvalue weighted by Gasteiger charge is -2.13. The largest absolute Gasteiger partial charge is 0.464 e. The zero-order chi connectivity index (χ0) is 12.1. The van der Waals surface area contributed by atoms with Gasteiger partial charge in [-0.1, -0.05) is 13.3 Å². The Bertz CT molecular complexity index is 231. The molecule has 3 N–H and O–H groups in total. The second-order valence-electron chi connectivity index (χ2n) is 3.78. The lowest BCUT2D eigenvalue weighted by atomic mass is 10.1. The van der Waals surface area contributed by atoms with E-state index in [-0.39, 0.29) is 6.61 Å². The minimum absolute atomic E-state index is 0.266. The van der Waals surface area contributed by atoms with Crippen LogP contribution in [-0.2, 0) is 14.3 Å². The van der Waals surface area contributed by atoms with Gasteiger partial charge >= 0.3 is 5.97 Å². The molecule has 6 nitrogen and oxygen atoms in total. The van der Waals surface area contributed by atoms with Crippen molar-refractivity contribution in [2.24, 2.45) is 0 Å². The summed E-state index contributed by atoms with van der Waals surface area (Å²) in [6.07, 6.45) is -3.10. The SMILES string of the molecule is CCCCOC(=O)[C@H]1O[C@H](CO)[C@@H](O)[C@@H]1O. The molecule has 0 aliphatic carbocycles. The normalized spacial score (nSPS) is 34.0. The van der Waals surface area contributed by atoms with E-state index in [2.05, 4.69) is 0 Å². The third-order valence-electron chi connectivity index (χ3n) is 2.52. The molecule has 1 fully saturated rings. The maximum Gasteiger partial charge on any atom is 0.338 e. The van der Waals surface area contributed by atoms with Crippen molar-refractivity contribution in [3.8, 4) is 0 Å². The number of carbonyl (C=O) groups excluding carboxylic acids is 1. The Morgan fingerprint density at radius 2 is 2.06 bits per heavy atom. The van der Waals surface area contributed by atoms with Crippen molar-refractivity contribution in [2.45, 2.75) is 44.2 Å². The van der Waals surface area contributed by atoms with Crippen molar-refractivity contribution in [1.29, 1.82) is 0 Å². The topological polar surface area (TPSA) is 96.2 Å². The van der Waals surface area contributed by atoms with Crippen LogP contribution in [0.4, 0.5) is 0 Å². The number of hydrogen-bond acceptors (Lipinski definition) is 6. The molecule has 0 saturated carbocycles. The molecule has 0 bridgehead atoms. The van der Waals surface area contributed by atoms with E-state index in [0.717, 1.165) is 12.8 Å². The van der Waals surface area contributed by atoms with Gasteiger partial charge in [0.1, 0.15) is 18.3 Å². The van der Waals surface area contributed by atoms with E-state index >= 15 is 0 Å². The molecule has 0 aromatic rings. The van der Waals surface area contributed by atoms with Crippen LogP contribution in [0.25, 0.3) is 0 Å². The average Bonchev–Trinajstić information content (AvgIpc) is 2.56. The minimum Gasteiger partial charge on any atom is -0.464 e. The van der Waals surface area contributed by atoms with Gasteiger partial charge in [-0.2, -0.15) is 0 Å². The third kappa shape index (κ3) is 2.91. The van der Waals surface area contributed by atoms with E-state index in [4.69, 9.17) is 14.6 Å². The van der Waals surface area contributed by atoms with Gasteiger partial charge in [0.15, 0.2) is 6.10 Å². The van der Waals surface area contributed by atoms with E-state index in [1.165, 1.54) is 0 Å². The summed E-state index contributed by atoms with van der Waals surface area (Å²) >= 11 is 0. The van der Waals surface area contributed by atoms with Crippen molar-refractivity contribution in [1.82, 2.24) is 0 Å². The van der Waals surface area contributed by atoms with Crippen LogP contribution in [0.2, 0.25) is 0 Å². The summed E-state index contributed by atoms with van der Waals surface area (Å²) in [7, 11) is 0. The number of carbonyl (C=O) groups is 1. The summed E-state index contributed by atoms with van der Waals surface area (Å²) in [5.74, 6) is -0.698. The molecule has 0 spiro atoms. The van der Waals surface area contributed by atoms with Crippen molar-refractivity contribution < 1.29 is 29.6 Å². The molecule has 0 aromatic carbocycles. The van der Waals surface area contributed by atoms with Crippen LogP contribution in [0.1, 0.15) is 19.8 Å². The van der Waals surface area contributed by atoms with Gasteiger partial charge < -0.3 is 24.8 Å². The fourth-order valence-corrected chi connectivity index (χ4v) is 1.49. The molecule has 4 atom stereocenters. The lowest BCUT2D eigenvalue weighted by molar-refractivity contribution is -0.160. The minimum atomic E-state index is -1.34. The number of unbranched alkanes of at least 4 members (excludes halogenated alkanes) is 1. The Morgan fingerprint density at radius 1 is 1.38 bits per heavy atom. The van der Waals surface area contributed by atoms with Crippen molar-refractivity contribution >= 4 is 5.97 Å². The number of esters is 1. The number of rotatable bonds is 5. The molecular weight excluding hydrogens is 216 g/mol. The Kier molecular flexibility index (Phi) is 5.14. The third-order valence-corrected chi connectivity index (χ3v) is 2.52. The first-order chi connectivity index (χ1) is 7.61. The number of aliphatic hydroxyl groups excluding tert-OH is 3. The second kappa shape index (κ2) is 6.15. The predicted molar refractivity (Wildman–Crippen MR) is 53.6 cm³/mol. The average molecular weight is 234 g/mol. The van der Waals surface area contributed by atoms with Crippen LogP contribution in [0.15, 0.2) is 0 Å². The summed E-state index contributed by atoms with van der Waals surface area (Å²) in [5, 5.41) is 27.7. The van der Waals surface area contributed by atoms with Gasteiger partial charge in [0.25, 0.3) is 0 Å². The van der Waals surface area contributed by atoms with Gasteiger partial charge in [-0.3, -0.25) is 0 Å². The first kappa shape index (κ1) is 13.4. The van der Waals surface area contributed by atoms with Gasteiger partial charge in [0, 0.05) is 0 Å². The van der Waals surface area contributed by atoms with Gasteiger partial charge in [0.2, 0.25) is 0 Å². The van der Waals surface area contributed by atoms with Gasteiger partial charge in [-0.15, -0.1) is 0 Å². The fraction of sp³-hybridized carbons (Fsp3) is 0.900. The highest BCUT2D eigenvalue weighted by Gasteiger charge is 2.46. The highest BCUT2D eigenvalue weighted by molar-refractivity contribution is 5.76. The van der Waals surface area contributed by atoms with Gasteiger partial charge in [-0.25, -0.2) is 4.79 Å². The van der Waals surface area contributed by atoms with Gasteiger partial charge in [-0.05, 0) is 6.42 Å². The van der Waals surface area contributed by atoms with Crippen LogP contribution < -0.4 is 0 Å². The maximum atomic E-state index is 11.4.